The second kappa shape index (κ2) is 7.57. The molecule has 0 bridgehead atoms. The molecule has 118 valence electrons. The summed E-state index contributed by atoms with van der Waals surface area (Å²) < 4.78 is 5.78. The number of nitrogens with one attached hydrogen (secondary N) is 1. The Bertz CT molecular complexity index is 440. The van der Waals surface area contributed by atoms with E-state index in [0.717, 1.165) is 12.0 Å². The first-order valence-corrected chi connectivity index (χ1v) is 7.50. The number of rotatable bonds is 8. The Kier molecular flexibility index (Phi) is 6.37. The summed E-state index contributed by atoms with van der Waals surface area (Å²) in [6, 6.07) is 9.53. The Morgan fingerprint density at radius 2 is 1.86 bits per heavy atom. The molecule has 1 aromatic carbocycles. The van der Waals surface area contributed by atoms with Crippen LogP contribution in [-0.4, -0.2) is 25.7 Å². The van der Waals surface area contributed by atoms with Crippen molar-refractivity contribution in [2.24, 2.45) is 11.1 Å². The van der Waals surface area contributed by atoms with Crippen LogP contribution in [0.4, 0.5) is 0 Å². The SMILES string of the molecule is CCNC(COCCC(C)(C)C)(C(N)=O)c1ccccc1. The van der Waals surface area contributed by atoms with Crippen LogP contribution in [0.5, 0.6) is 0 Å². The van der Waals surface area contributed by atoms with Crippen molar-refractivity contribution in [1.82, 2.24) is 5.32 Å². The molecule has 4 heteroatoms. The summed E-state index contributed by atoms with van der Waals surface area (Å²) in [4.78, 5) is 12.1. The number of likely N-dealkylation sites (N-methyl/N-ethyl adjacent to an activating group) is 1. The molecule has 0 aliphatic carbocycles. The molecule has 0 saturated carbocycles. The molecule has 0 saturated heterocycles. The minimum Gasteiger partial charge on any atom is -0.379 e. The zero-order valence-electron chi connectivity index (χ0n) is 13.6. The summed E-state index contributed by atoms with van der Waals surface area (Å²) >= 11 is 0. The van der Waals surface area contributed by atoms with Crippen LogP contribution in [0.15, 0.2) is 30.3 Å². The van der Waals surface area contributed by atoms with E-state index in [1.807, 2.05) is 37.3 Å². The van der Waals surface area contributed by atoms with Crippen LogP contribution in [0.2, 0.25) is 0 Å². The fourth-order valence-electron chi connectivity index (χ4n) is 2.16. The van der Waals surface area contributed by atoms with Crippen molar-refractivity contribution in [2.75, 3.05) is 19.8 Å². The minimum atomic E-state index is -0.964. The largest absolute Gasteiger partial charge is 0.379 e. The van der Waals surface area contributed by atoms with Gasteiger partial charge >= 0.3 is 0 Å². The summed E-state index contributed by atoms with van der Waals surface area (Å²) in [5.41, 5.74) is 5.76. The number of carbonyl (C=O) groups excluding carboxylic acids is 1. The lowest BCUT2D eigenvalue weighted by molar-refractivity contribution is -0.127. The maximum absolute atomic E-state index is 12.1. The Hall–Kier alpha value is -1.39. The molecule has 3 N–H and O–H groups in total. The van der Waals surface area contributed by atoms with Gasteiger partial charge in [0, 0.05) is 6.61 Å². The highest BCUT2D eigenvalue weighted by Crippen LogP contribution is 2.23. The number of nitrogens with two attached hydrogens (primary N) is 1. The number of hydrogen-bond acceptors (Lipinski definition) is 3. The summed E-state index contributed by atoms with van der Waals surface area (Å²) in [5, 5.41) is 3.21. The molecule has 0 aliphatic rings. The van der Waals surface area contributed by atoms with Gasteiger partial charge in [-0.15, -0.1) is 0 Å². The van der Waals surface area contributed by atoms with E-state index in [9.17, 15) is 4.79 Å². The third-order valence-electron chi connectivity index (χ3n) is 3.48. The van der Waals surface area contributed by atoms with Gasteiger partial charge in [-0.05, 0) is 23.9 Å². The van der Waals surface area contributed by atoms with Crippen molar-refractivity contribution in [3.05, 3.63) is 35.9 Å². The third-order valence-corrected chi connectivity index (χ3v) is 3.48. The van der Waals surface area contributed by atoms with E-state index in [0.29, 0.717) is 13.2 Å². The zero-order valence-corrected chi connectivity index (χ0v) is 13.6. The average Bonchev–Trinajstić information content (AvgIpc) is 2.42. The van der Waals surface area contributed by atoms with Crippen LogP contribution >= 0.6 is 0 Å². The highest BCUT2D eigenvalue weighted by Gasteiger charge is 2.38. The number of carbonyl (C=O) groups is 1. The number of hydrogen-bond donors (Lipinski definition) is 2. The highest BCUT2D eigenvalue weighted by atomic mass is 16.5. The van der Waals surface area contributed by atoms with Crippen molar-refractivity contribution < 1.29 is 9.53 Å². The molecule has 0 heterocycles. The Morgan fingerprint density at radius 1 is 1.24 bits per heavy atom. The van der Waals surface area contributed by atoms with Gasteiger partial charge in [0.2, 0.25) is 5.91 Å². The fraction of sp³-hybridized carbons (Fsp3) is 0.588. The molecule has 4 nitrogen and oxygen atoms in total. The standard InChI is InChI=1S/C17H28N2O2/c1-5-19-17(15(18)20,14-9-7-6-8-10-14)13-21-12-11-16(2,3)4/h6-10,19H,5,11-13H2,1-4H3,(H2,18,20). The van der Waals surface area contributed by atoms with E-state index in [4.69, 9.17) is 10.5 Å². The summed E-state index contributed by atoms with van der Waals surface area (Å²) in [6.45, 7) is 9.95. The molecule has 21 heavy (non-hydrogen) atoms. The van der Waals surface area contributed by atoms with Crippen LogP contribution in [0, 0.1) is 5.41 Å². The molecular formula is C17H28N2O2. The number of amides is 1. The summed E-state index contributed by atoms with van der Waals surface area (Å²) in [5.74, 6) is -0.411. The molecule has 1 rings (SSSR count). The average molecular weight is 292 g/mol. The molecule has 0 aromatic heterocycles. The number of benzene rings is 1. The van der Waals surface area contributed by atoms with E-state index in [-0.39, 0.29) is 12.0 Å². The number of primary amides is 1. The summed E-state index contributed by atoms with van der Waals surface area (Å²) in [7, 11) is 0. The molecule has 1 unspecified atom stereocenters. The zero-order chi connectivity index (χ0) is 15.9. The molecule has 0 spiro atoms. The van der Waals surface area contributed by atoms with Gasteiger partial charge < -0.3 is 10.5 Å². The van der Waals surface area contributed by atoms with Gasteiger partial charge in [-0.2, -0.15) is 0 Å². The molecule has 0 fully saturated rings. The maximum Gasteiger partial charge on any atom is 0.244 e. The second-order valence-corrected chi connectivity index (χ2v) is 6.53. The lowest BCUT2D eigenvalue weighted by Crippen LogP contribution is -2.56. The lowest BCUT2D eigenvalue weighted by atomic mass is 9.89. The van der Waals surface area contributed by atoms with Crippen LogP contribution in [0.25, 0.3) is 0 Å². The minimum absolute atomic E-state index is 0.209. The second-order valence-electron chi connectivity index (χ2n) is 6.53. The third kappa shape index (κ3) is 5.14. The van der Waals surface area contributed by atoms with Crippen molar-refractivity contribution in [3.63, 3.8) is 0 Å². The van der Waals surface area contributed by atoms with Crippen LogP contribution in [-0.2, 0) is 15.1 Å². The quantitative estimate of drug-likeness (QED) is 0.723. The first-order valence-electron chi connectivity index (χ1n) is 7.50. The van der Waals surface area contributed by atoms with Gasteiger partial charge in [0.1, 0.15) is 5.54 Å². The van der Waals surface area contributed by atoms with Gasteiger partial charge in [0.25, 0.3) is 0 Å². The van der Waals surface area contributed by atoms with Crippen molar-refractivity contribution in [3.8, 4) is 0 Å². The van der Waals surface area contributed by atoms with E-state index >= 15 is 0 Å². The maximum atomic E-state index is 12.1. The van der Waals surface area contributed by atoms with Crippen molar-refractivity contribution in [2.45, 2.75) is 39.7 Å². The predicted molar refractivity (Wildman–Crippen MR) is 85.9 cm³/mol. The van der Waals surface area contributed by atoms with Gasteiger partial charge in [0.15, 0.2) is 0 Å². The highest BCUT2D eigenvalue weighted by molar-refractivity contribution is 5.86. The molecule has 1 atom stereocenters. The first-order chi connectivity index (χ1) is 9.82. The van der Waals surface area contributed by atoms with Gasteiger partial charge in [-0.25, -0.2) is 0 Å². The van der Waals surface area contributed by atoms with Crippen LogP contribution < -0.4 is 11.1 Å². The Morgan fingerprint density at radius 3 is 2.33 bits per heavy atom. The Labute approximate surface area is 128 Å². The van der Waals surface area contributed by atoms with Crippen molar-refractivity contribution in [1.29, 1.82) is 0 Å². The normalized spacial score (nSPS) is 14.7. The van der Waals surface area contributed by atoms with Crippen LogP contribution in [0.1, 0.15) is 39.7 Å². The van der Waals surface area contributed by atoms with Gasteiger partial charge in [-0.1, -0.05) is 58.0 Å². The van der Waals surface area contributed by atoms with Gasteiger partial charge in [0.05, 0.1) is 6.61 Å². The van der Waals surface area contributed by atoms with Crippen molar-refractivity contribution >= 4 is 5.91 Å². The van der Waals surface area contributed by atoms with E-state index in [2.05, 4.69) is 26.1 Å². The Balaban J connectivity index is 2.85. The molecule has 1 amide bonds. The van der Waals surface area contributed by atoms with E-state index in [1.54, 1.807) is 0 Å². The van der Waals surface area contributed by atoms with Gasteiger partial charge in [-0.3, -0.25) is 10.1 Å². The molecule has 0 radical (unpaired) electrons. The van der Waals surface area contributed by atoms with E-state index in [1.165, 1.54) is 0 Å². The smallest absolute Gasteiger partial charge is 0.244 e. The molecule has 0 aliphatic heterocycles. The first kappa shape index (κ1) is 17.7. The lowest BCUT2D eigenvalue weighted by Gasteiger charge is -2.32. The van der Waals surface area contributed by atoms with E-state index < -0.39 is 11.4 Å². The topological polar surface area (TPSA) is 64.3 Å². The van der Waals surface area contributed by atoms with Crippen LogP contribution in [0.3, 0.4) is 0 Å². The molecule has 1 aromatic rings. The number of ether oxygens (including phenoxy) is 1. The monoisotopic (exact) mass is 292 g/mol. The predicted octanol–water partition coefficient (Wildman–Crippen LogP) is 2.43. The fourth-order valence-corrected chi connectivity index (χ4v) is 2.16. The molecular weight excluding hydrogens is 264 g/mol. The summed E-state index contributed by atoms with van der Waals surface area (Å²) in [6.07, 6.45) is 0.933.